The van der Waals surface area contributed by atoms with Crippen molar-refractivity contribution in [2.75, 3.05) is 18.5 Å². The van der Waals surface area contributed by atoms with Crippen molar-refractivity contribution in [3.05, 3.63) is 54.1 Å². The van der Waals surface area contributed by atoms with Gasteiger partial charge in [0, 0.05) is 13.6 Å². The summed E-state index contributed by atoms with van der Waals surface area (Å²) >= 11 is 0. The molecular weight excluding hydrogens is 288 g/mol. The van der Waals surface area contributed by atoms with Crippen molar-refractivity contribution in [3.8, 4) is 5.75 Å². The molecule has 5 nitrogen and oxygen atoms in total. The van der Waals surface area contributed by atoms with E-state index in [2.05, 4.69) is 0 Å². The van der Waals surface area contributed by atoms with Gasteiger partial charge in [-0.1, -0.05) is 12.1 Å². The number of ether oxygens (including phenoxy) is 1. The summed E-state index contributed by atoms with van der Waals surface area (Å²) in [4.78, 5) is 0.226. The Labute approximate surface area is 125 Å². The Morgan fingerprint density at radius 2 is 1.81 bits per heavy atom. The van der Waals surface area contributed by atoms with Crippen LogP contribution in [0.5, 0.6) is 5.75 Å². The van der Waals surface area contributed by atoms with Gasteiger partial charge in [0.05, 0.1) is 17.7 Å². The molecule has 0 heterocycles. The second-order valence-corrected chi connectivity index (χ2v) is 6.49. The van der Waals surface area contributed by atoms with E-state index in [9.17, 15) is 8.42 Å². The Kier molecular flexibility index (Phi) is 4.50. The number of sulfonamides is 1. The maximum atomic E-state index is 12.6. The predicted molar refractivity (Wildman–Crippen MR) is 82.9 cm³/mol. The lowest BCUT2D eigenvalue weighted by molar-refractivity contribution is 0.415. The van der Waals surface area contributed by atoms with E-state index in [1.165, 1.54) is 11.4 Å². The third-order valence-electron chi connectivity index (χ3n) is 3.23. The fraction of sp³-hybridized carbons (Fsp3) is 0.200. The van der Waals surface area contributed by atoms with Gasteiger partial charge < -0.3 is 10.5 Å². The van der Waals surface area contributed by atoms with E-state index in [0.717, 1.165) is 5.56 Å². The molecule has 0 radical (unpaired) electrons. The molecule has 112 valence electrons. The molecule has 0 fully saturated rings. The summed E-state index contributed by atoms with van der Waals surface area (Å²) in [7, 11) is -0.524. The van der Waals surface area contributed by atoms with Crippen LogP contribution in [0, 0.1) is 0 Å². The minimum Gasteiger partial charge on any atom is -0.497 e. The first kappa shape index (κ1) is 15.3. The standard InChI is InChI=1S/C15H18N2O3S/c1-17(13-6-8-14(20-2)9-7-13)21(18,19)15-5-3-4-12(10-15)11-16/h3-10H,11,16H2,1-2H3. The van der Waals surface area contributed by atoms with E-state index in [0.29, 0.717) is 18.0 Å². The molecule has 2 N–H and O–H groups in total. The topological polar surface area (TPSA) is 72.6 Å². The van der Waals surface area contributed by atoms with Crippen LogP contribution < -0.4 is 14.8 Å². The zero-order valence-corrected chi connectivity index (χ0v) is 12.8. The quantitative estimate of drug-likeness (QED) is 0.917. The van der Waals surface area contributed by atoms with Crippen molar-refractivity contribution in [1.82, 2.24) is 0 Å². The molecule has 2 aromatic carbocycles. The van der Waals surface area contributed by atoms with Gasteiger partial charge >= 0.3 is 0 Å². The van der Waals surface area contributed by atoms with Gasteiger partial charge in [0.25, 0.3) is 10.0 Å². The molecule has 2 rings (SSSR count). The minimum absolute atomic E-state index is 0.226. The Hall–Kier alpha value is -2.05. The van der Waals surface area contributed by atoms with Crippen molar-refractivity contribution >= 4 is 15.7 Å². The molecule has 0 spiro atoms. The van der Waals surface area contributed by atoms with Gasteiger partial charge in [-0.15, -0.1) is 0 Å². The van der Waals surface area contributed by atoms with Gasteiger partial charge in [-0.3, -0.25) is 4.31 Å². The number of rotatable bonds is 5. The molecule has 0 aliphatic rings. The third-order valence-corrected chi connectivity index (χ3v) is 5.01. The van der Waals surface area contributed by atoms with Crippen LogP contribution in [0.3, 0.4) is 0 Å². The first-order valence-electron chi connectivity index (χ1n) is 6.41. The molecule has 0 bridgehead atoms. The number of benzene rings is 2. The summed E-state index contributed by atoms with van der Waals surface area (Å²) in [5.41, 5.74) is 6.90. The molecule has 0 atom stereocenters. The molecule has 0 aromatic heterocycles. The van der Waals surface area contributed by atoms with E-state index in [1.54, 1.807) is 55.6 Å². The summed E-state index contributed by atoms with van der Waals surface area (Å²) in [6.07, 6.45) is 0. The van der Waals surface area contributed by atoms with Crippen LogP contribution in [0.25, 0.3) is 0 Å². The molecule has 0 saturated heterocycles. The zero-order chi connectivity index (χ0) is 15.5. The average Bonchev–Trinajstić information content (AvgIpc) is 2.54. The smallest absolute Gasteiger partial charge is 0.264 e. The number of nitrogens with zero attached hydrogens (tertiary/aromatic N) is 1. The van der Waals surface area contributed by atoms with Gasteiger partial charge in [0.15, 0.2) is 0 Å². The van der Waals surface area contributed by atoms with E-state index in [1.807, 2.05) is 0 Å². The summed E-state index contributed by atoms with van der Waals surface area (Å²) in [5, 5.41) is 0. The zero-order valence-electron chi connectivity index (χ0n) is 12.0. The molecule has 0 amide bonds. The van der Waals surface area contributed by atoms with E-state index in [-0.39, 0.29) is 4.90 Å². The highest BCUT2D eigenvalue weighted by molar-refractivity contribution is 7.92. The van der Waals surface area contributed by atoms with Gasteiger partial charge in [-0.05, 0) is 42.0 Å². The van der Waals surface area contributed by atoms with E-state index < -0.39 is 10.0 Å². The lowest BCUT2D eigenvalue weighted by Gasteiger charge is -2.20. The van der Waals surface area contributed by atoms with Crippen LogP contribution in [0.4, 0.5) is 5.69 Å². The fourth-order valence-electron chi connectivity index (χ4n) is 1.92. The van der Waals surface area contributed by atoms with Crippen molar-refractivity contribution < 1.29 is 13.2 Å². The van der Waals surface area contributed by atoms with Crippen molar-refractivity contribution in [1.29, 1.82) is 0 Å². The summed E-state index contributed by atoms with van der Waals surface area (Å²) in [5.74, 6) is 0.676. The minimum atomic E-state index is -3.61. The molecule has 0 aliphatic carbocycles. The maximum Gasteiger partial charge on any atom is 0.264 e. The van der Waals surface area contributed by atoms with Gasteiger partial charge in [0.2, 0.25) is 0 Å². The monoisotopic (exact) mass is 306 g/mol. The maximum absolute atomic E-state index is 12.6. The lowest BCUT2D eigenvalue weighted by atomic mass is 10.2. The average molecular weight is 306 g/mol. The predicted octanol–water partition coefficient (Wildman–Crippen LogP) is 1.98. The molecule has 0 aliphatic heterocycles. The van der Waals surface area contributed by atoms with Gasteiger partial charge in [-0.2, -0.15) is 0 Å². The first-order chi connectivity index (χ1) is 9.98. The molecule has 0 saturated carbocycles. The van der Waals surface area contributed by atoms with Crippen LogP contribution in [0.2, 0.25) is 0 Å². The van der Waals surface area contributed by atoms with Crippen LogP contribution in [-0.2, 0) is 16.6 Å². The highest BCUT2D eigenvalue weighted by atomic mass is 32.2. The van der Waals surface area contributed by atoms with Crippen LogP contribution >= 0.6 is 0 Å². The highest BCUT2D eigenvalue weighted by Crippen LogP contribution is 2.24. The van der Waals surface area contributed by atoms with Gasteiger partial charge in [-0.25, -0.2) is 8.42 Å². The fourth-order valence-corrected chi connectivity index (χ4v) is 3.19. The normalized spacial score (nSPS) is 11.2. The number of methoxy groups -OCH3 is 1. The van der Waals surface area contributed by atoms with E-state index in [4.69, 9.17) is 10.5 Å². The summed E-state index contributed by atoms with van der Waals surface area (Å²) in [6.45, 7) is 0.301. The first-order valence-corrected chi connectivity index (χ1v) is 7.85. The summed E-state index contributed by atoms with van der Waals surface area (Å²) in [6, 6.07) is 13.5. The summed E-state index contributed by atoms with van der Waals surface area (Å²) < 4.78 is 31.5. The highest BCUT2D eigenvalue weighted by Gasteiger charge is 2.21. The molecule has 0 unspecified atom stereocenters. The van der Waals surface area contributed by atoms with Crippen molar-refractivity contribution in [2.24, 2.45) is 5.73 Å². The Balaban J connectivity index is 2.37. The third kappa shape index (κ3) is 3.17. The number of hydrogen-bond donors (Lipinski definition) is 1. The number of nitrogens with two attached hydrogens (primary N) is 1. The molecule has 2 aromatic rings. The van der Waals surface area contributed by atoms with Crippen molar-refractivity contribution in [3.63, 3.8) is 0 Å². The lowest BCUT2D eigenvalue weighted by Crippen LogP contribution is -2.26. The Morgan fingerprint density at radius 3 is 2.38 bits per heavy atom. The van der Waals surface area contributed by atoms with Crippen LogP contribution in [-0.4, -0.2) is 22.6 Å². The largest absolute Gasteiger partial charge is 0.497 e. The molecule has 6 heteroatoms. The van der Waals surface area contributed by atoms with E-state index >= 15 is 0 Å². The molecule has 21 heavy (non-hydrogen) atoms. The Morgan fingerprint density at radius 1 is 1.14 bits per heavy atom. The van der Waals surface area contributed by atoms with Crippen LogP contribution in [0.15, 0.2) is 53.4 Å². The van der Waals surface area contributed by atoms with Gasteiger partial charge in [0.1, 0.15) is 5.75 Å². The van der Waals surface area contributed by atoms with Crippen molar-refractivity contribution in [2.45, 2.75) is 11.4 Å². The second kappa shape index (κ2) is 6.15. The van der Waals surface area contributed by atoms with Crippen LogP contribution in [0.1, 0.15) is 5.56 Å². The second-order valence-electron chi connectivity index (χ2n) is 4.52. The number of anilines is 1. The SMILES string of the molecule is COc1ccc(N(C)S(=O)(=O)c2cccc(CN)c2)cc1. The Bertz CT molecular complexity index is 712. The molecular formula is C15H18N2O3S. The number of hydrogen-bond acceptors (Lipinski definition) is 4.